The average Bonchev–Trinajstić information content (AvgIpc) is 3.73. The van der Waals surface area contributed by atoms with Gasteiger partial charge in [-0.3, -0.25) is 0 Å². The van der Waals surface area contributed by atoms with Crippen LogP contribution in [0.15, 0.2) is 200 Å². The first kappa shape index (κ1) is 33.0. The molecule has 0 aliphatic heterocycles. The van der Waals surface area contributed by atoms with Crippen LogP contribution >= 0.6 is 0 Å². The molecule has 1 heterocycles. The van der Waals surface area contributed by atoms with Gasteiger partial charge in [0.25, 0.3) is 0 Å². The van der Waals surface area contributed by atoms with Gasteiger partial charge in [-0.2, -0.15) is 0 Å². The zero-order chi connectivity index (χ0) is 38.5. The van der Waals surface area contributed by atoms with Crippen molar-refractivity contribution in [2.45, 2.75) is 19.3 Å². The van der Waals surface area contributed by atoms with Crippen molar-refractivity contribution in [3.8, 4) is 50.2 Å². The van der Waals surface area contributed by atoms with Gasteiger partial charge in [0.2, 0.25) is 0 Å². The van der Waals surface area contributed by atoms with E-state index in [1.807, 2.05) is 0 Å². The molecule has 0 saturated carbocycles. The Kier molecular flexibility index (Phi) is 7.04. The second-order valence-electron chi connectivity index (χ2n) is 16.5. The van der Waals surface area contributed by atoms with Crippen LogP contribution in [0, 0.1) is 0 Å². The molecule has 272 valence electrons. The zero-order valence-electron chi connectivity index (χ0n) is 32.5. The van der Waals surface area contributed by atoms with Gasteiger partial charge in [0.05, 0.1) is 11.0 Å². The zero-order valence-corrected chi connectivity index (χ0v) is 32.5. The van der Waals surface area contributed by atoms with Crippen LogP contribution < -0.4 is 0 Å². The summed E-state index contributed by atoms with van der Waals surface area (Å²) in [7, 11) is 0. The summed E-state index contributed by atoms with van der Waals surface area (Å²) in [6, 6.07) is 74.4. The monoisotopic (exact) mass is 737 g/mol. The quantitative estimate of drug-likeness (QED) is 0.159. The minimum atomic E-state index is -0.0644. The summed E-state index contributed by atoms with van der Waals surface area (Å²) in [5.74, 6) is 0. The van der Waals surface area contributed by atoms with E-state index in [2.05, 4.69) is 219 Å². The Morgan fingerprint density at radius 2 is 0.845 bits per heavy atom. The lowest BCUT2D eigenvalue weighted by Crippen LogP contribution is -2.14. The van der Waals surface area contributed by atoms with Crippen LogP contribution in [0.5, 0.6) is 0 Å². The largest absolute Gasteiger partial charge is 0.309 e. The van der Waals surface area contributed by atoms with Gasteiger partial charge >= 0.3 is 0 Å². The lowest BCUT2D eigenvalue weighted by atomic mass is 9.80. The van der Waals surface area contributed by atoms with Gasteiger partial charge in [0.1, 0.15) is 0 Å². The third-order valence-corrected chi connectivity index (χ3v) is 13.0. The van der Waals surface area contributed by atoms with E-state index in [-0.39, 0.29) is 5.41 Å². The number of nitrogens with zero attached hydrogens (tertiary/aromatic N) is 1. The van der Waals surface area contributed by atoms with Gasteiger partial charge in [0.15, 0.2) is 0 Å². The minimum Gasteiger partial charge on any atom is -0.309 e. The summed E-state index contributed by atoms with van der Waals surface area (Å²) in [5, 5.41) is 10.1. The highest BCUT2D eigenvalue weighted by Gasteiger charge is 2.35. The van der Waals surface area contributed by atoms with E-state index < -0.39 is 0 Å². The van der Waals surface area contributed by atoms with Crippen molar-refractivity contribution in [2.75, 3.05) is 0 Å². The first-order valence-electron chi connectivity index (χ1n) is 20.3. The van der Waals surface area contributed by atoms with E-state index in [0.717, 1.165) is 5.69 Å². The van der Waals surface area contributed by atoms with Gasteiger partial charge in [0, 0.05) is 21.9 Å². The Morgan fingerprint density at radius 1 is 0.328 bits per heavy atom. The topological polar surface area (TPSA) is 4.93 Å². The number of hydrogen-bond donors (Lipinski definition) is 0. The molecule has 0 amide bonds. The highest BCUT2D eigenvalue weighted by molar-refractivity contribution is 6.21. The first-order valence-corrected chi connectivity index (χ1v) is 20.3. The maximum absolute atomic E-state index is 2.47. The molecule has 12 rings (SSSR count). The molecule has 58 heavy (non-hydrogen) atoms. The fraction of sp³-hybridized carbons (Fsp3) is 0.0526. The number of aromatic nitrogens is 1. The molecule has 11 aromatic rings. The molecule has 0 unspecified atom stereocenters. The molecular weight excluding hydrogens is 699 g/mol. The molecule has 1 aromatic heterocycles. The molecular formula is C57H39N. The summed E-state index contributed by atoms with van der Waals surface area (Å²) in [5.41, 5.74) is 16.5. The fourth-order valence-electron chi connectivity index (χ4n) is 10.2. The molecule has 1 aliphatic rings. The Morgan fingerprint density at radius 3 is 1.59 bits per heavy atom. The summed E-state index contributed by atoms with van der Waals surface area (Å²) in [6.45, 7) is 4.74. The van der Waals surface area contributed by atoms with Gasteiger partial charge in [-0.25, -0.2) is 0 Å². The van der Waals surface area contributed by atoms with Crippen molar-refractivity contribution in [3.63, 3.8) is 0 Å². The average molecular weight is 738 g/mol. The molecule has 0 fully saturated rings. The van der Waals surface area contributed by atoms with E-state index in [1.54, 1.807) is 0 Å². The van der Waals surface area contributed by atoms with Crippen molar-refractivity contribution < 1.29 is 0 Å². The van der Waals surface area contributed by atoms with E-state index in [0.29, 0.717) is 0 Å². The number of fused-ring (bicyclic) bond motifs is 9. The molecule has 1 aliphatic carbocycles. The maximum Gasteiger partial charge on any atom is 0.0541 e. The van der Waals surface area contributed by atoms with Crippen LogP contribution in [-0.2, 0) is 5.41 Å². The molecule has 1 heteroatoms. The van der Waals surface area contributed by atoms with Gasteiger partial charge in [-0.15, -0.1) is 0 Å². The van der Waals surface area contributed by atoms with E-state index in [4.69, 9.17) is 0 Å². The second-order valence-corrected chi connectivity index (χ2v) is 16.5. The smallest absolute Gasteiger partial charge is 0.0541 e. The van der Waals surface area contributed by atoms with Crippen molar-refractivity contribution in [1.29, 1.82) is 0 Å². The van der Waals surface area contributed by atoms with Crippen molar-refractivity contribution >= 4 is 54.1 Å². The number of benzene rings is 10. The fourth-order valence-corrected chi connectivity index (χ4v) is 10.2. The van der Waals surface area contributed by atoms with Crippen LogP contribution in [0.2, 0.25) is 0 Å². The molecule has 0 radical (unpaired) electrons. The van der Waals surface area contributed by atoms with Gasteiger partial charge in [-0.05, 0) is 130 Å². The van der Waals surface area contributed by atoms with Gasteiger partial charge < -0.3 is 4.57 Å². The molecule has 1 nitrogen and oxygen atoms in total. The molecule has 0 spiro atoms. The van der Waals surface area contributed by atoms with E-state index in [1.165, 1.54) is 110 Å². The molecule has 0 atom stereocenters. The lowest BCUT2D eigenvalue weighted by molar-refractivity contribution is 0.660. The molecule has 0 saturated heterocycles. The van der Waals surface area contributed by atoms with Crippen LogP contribution in [0.1, 0.15) is 25.0 Å². The van der Waals surface area contributed by atoms with Crippen LogP contribution in [0.25, 0.3) is 104 Å². The highest BCUT2D eigenvalue weighted by Crippen LogP contribution is 2.51. The Bertz CT molecular complexity index is 3410. The lowest BCUT2D eigenvalue weighted by Gasteiger charge is -2.23. The maximum atomic E-state index is 2.47. The third kappa shape index (κ3) is 4.77. The minimum absolute atomic E-state index is 0.0644. The summed E-state index contributed by atoms with van der Waals surface area (Å²) in [4.78, 5) is 0. The van der Waals surface area contributed by atoms with Crippen molar-refractivity contribution in [2.24, 2.45) is 0 Å². The predicted molar refractivity (Wildman–Crippen MR) is 247 cm³/mol. The van der Waals surface area contributed by atoms with Gasteiger partial charge in [-0.1, -0.05) is 172 Å². The molecule has 0 bridgehead atoms. The SMILES string of the molecule is CC1(C)c2ccccc2-c2ccc(-c3c4ccccc4c(-c4ccc(-n5c6ccccc6c6cc(-c7ccc8ccccc8c7)ccc65)cc4)c4ccccc34)cc21. The van der Waals surface area contributed by atoms with Crippen LogP contribution in [-0.4, -0.2) is 4.57 Å². The number of para-hydroxylation sites is 1. The summed E-state index contributed by atoms with van der Waals surface area (Å²) < 4.78 is 2.42. The number of rotatable bonds is 4. The molecule has 0 N–H and O–H groups in total. The number of hydrogen-bond acceptors (Lipinski definition) is 0. The predicted octanol–water partition coefficient (Wildman–Crippen LogP) is 15.6. The van der Waals surface area contributed by atoms with Crippen molar-refractivity contribution in [1.82, 2.24) is 4.57 Å². The highest BCUT2D eigenvalue weighted by atomic mass is 15.0. The first-order chi connectivity index (χ1) is 28.5. The summed E-state index contributed by atoms with van der Waals surface area (Å²) in [6.07, 6.45) is 0. The second kappa shape index (κ2) is 12.4. The van der Waals surface area contributed by atoms with Crippen molar-refractivity contribution in [3.05, 3.63) is 211 Å². The third-order valence-electron chi connectivity index (χ3n) is 13.0. The molecule has 10 aromatic carbocycles. The summed E-state index contributed by atoms with van der Waals surface area (Å²) >= 11 is 0. The van der Waals surface area contributed by atoms with Crippen LogP contribution in [0.4, 0.5) is 0 Å². The Labute approximate surface area is 338 Å². The normalized spacial score (nSPS) is 13.1. The standard InChI is InChI=1S/C57H39N/c1-57(2)51-21-11-9-15-43(51)44-31-27-41(35-52(44)57)56-48-19-7-5-17-46(48)55(47-18-6-8-20-49(47)56)37-25-29-42(30-26-37)58-53-22-12-10-16-45(53)50-34-40(28-32-54(50)58)39-24-23-36-13-3-4-14-38(36)33-39/h3-35H,1-2H3. The van der Waals surface area contributed by atoms with E-state index in [9.17, 15) is 0 Å². The Balaban J connectivity index is 0.998. The Hall–Kier alpha value is -7.22. The van der Waals surface area contributed by atoms with E-state index >= 15 is 0 Å². The van der Waals surface area contributed by atoms with Crippen LogP contribution in [0.3, 0.4) is 0 Å².